The lowest BCUT2D eigenvalue weighted by Crippen LogP contribution is -2.48. The van der Waals surface area contributed by atoms with Crippen molar-refractivity contribution < 1.29 is 31.5 Å². The molecule has 1 saturated carbocycles. The topological polar surface area (TPSA) is 77.6 Å². The van der Waals surface area contributed by atoms with Crippen LogP contribution in [0.5, 0.6) is 0 Å². The van der Waals surface area contributed by atoms with Gasteiger partial charge in [0.15, 0.2) is 11.9 Å². The van der Waals surface area contributed by atoms with Crippen LogP contribution in [0.3, 0.4) is 0 Å². The Morgan fingerprint density at radius 1 is 1.24 bits per heavy atom. The van der Waals surface area contributed by atoms with Gasteiger partial charge in [0.25, 0.3) is 6.02 Å². The van der Waals surface area contributed by atoms with Crippen molar-refractivity contribution in [3.63, 3.8) is 0 Å². The van der Waals surface area contributed by atoms with E-state index in [1.54, 1.807) is 6.07 Å². The zero-order valence-corrected chi connectivity index (χ0v) is 17.8. The highest BCUT2D eigenvalue weighted by Gasteiger charge is 2.52. The summed E-state index contributed by atoms with van der Waals surface area (Å²) in [6.45, 7) is -1.44. The van der Waals surface area contributed by atoms with E-state index in [4.69, 9.17) is 5.73 Å². The number of alkyl halides is 4. The second-order valence-electron chi connectivity index (χ2n) is 8.36. The number of hydrogen-bond donors (Lipinski definition) is 1. The molecule has 1 aliphatic heterocycles. The molecule has 0 radical (unpaired) electrons. The molecule has 0 unspecified atom stereocenters. The highest BCUT2D eigenvalue weighted by molar-refractivity contribution is 5.95. The molecule has 1 aliphatic carbocycles. The molecule has 4 rings (SSSR count). The highest BCUT2D eigenvalue weighted by Crippen LogP contribution is 2.41. The maximum atomic E-state index is 14.7. The van der Waals surface area contributed by atoms with Crippen LogP contribution in [0.4, 0.5) is 22.0 Å². The highest BCUT2D eigenvalue weighted by atomic mass is 19.4. The first-order valence-corrected chi connectivity index (χ1v) is 10.5. The number of nitrogens with two attached hydrogens (primary N) is 1. The van der Waals surface area contributed by atoms with E-state index < -0.39 is 54.1 Å². The van der Waals surface area contributed by atoms with Crippen LogP contribution in [0.1, 0.15) is 46.4 Å². The van der Waals surface area contributed by atoms with Gasteiger partial charge in [0, 0.05) is 36.1 Å². The van der Waals surface area contributed by atoms with Gasteiger partial charge in [-0.2, -0.15) is 13.2 Å². The fourth-order valence-corrected chi connectivity index (χ4v) is 3.65. The molecule has 178 valence electrons. The van der Waals surface area contributed by atoms with E-state index in [-0.39, 0.29) is 17.7 Å². The molecular weight excluding hydrogens is 457 g/mol. The second-order valence-corrected chi connectivity index (χ2v) is 8.36. The number of ether oxygens (including phenoxy) is 1. The lowest BCUT2D eigenvalue weighted by Gasteiger charge is -2.36. The third-order valence-corrected chi connectivity index (χ3v) is 5.64. The maximum Gasteiger partial charge on any atom is 0.425 e. The Labute approximate surface area is 192 Å². The standard InChI is InChI=1S/C24H20F5N3O2/c25-13-23(11-21(24(27,28)29)34-22(30)32-23)17-9-16(5-7-18(17)26)10-20(33)19-8-6-15(12-31-19)4-3-14-1-2-14/h5-9,12,14,21H,1-2,10-11,13H2,(H2,30,32)/t21-,23+/m0/s1. The largest absolute Gasteiger partial charge is 0.452 e. The minimum absolute atomic E-state index is 0.147. The Balaban J connectivity index is 1.57. The number of rotatable bonds is 5. The molecule has 1 fully saturated rings. The SMILES string of the molecule is NC1=N[C@](CF)(c2cc(CC(=O)c3ccc(C#CC4CC4)cn3)ccc2F)C[C@@H](C(F)(F)F)O1. The van der Waals surface area contributed by atoms with Gasteiger partial charge in [0.1, 0.15) is 23.7 Å². The van der Waals surface area contributed by atoms with E-state index in [9.17, 15) is 26.7 Å². The number of pyridine rings is 1. The van der Waals surface area contributed by atoms with E-state index in [2.05, 4.69) is 26.6 Å². The fraction of sp³-hybridized carbons (Fsp3) is 0.375. The van der Waals surface area contributed by atoms with Crippen molar-refractivity contribution >= 4 is 11.8 Å². The maximum absolute atomic E-state index is 14.7. The molecule has 2 aromatic rings. The average molecular weight is 477 g/mol. The minimum atomic E-state index is -4.86. The first-order chi connectivity index (χ1) is 16.1. The summed E-state index contributed by atoms with van der Waals surface area (Å²) >= 11 is 0. The number of halogens is 5. The van der Waals surface area contributed by atoms with Crippen molar-refractivity contribution in [2.24, 2.45) is 16.6 Å². The van der Waals surface area contributed by atoms with E-state index >= 15 is 0 Å². The van der Waals surface area contributed by atoms with Gasteiger partial charge in [0.2, 0.25) is 0 Å². The van der Waals surface area contributed by atoms with Crippen LogP contribution in [0.2, 0.25) is 0 Å². The Morgan fingerprint density at radius 2 is 2.00 bits per heavy atom. The Morgan fingerprint density at radius 3 is 2.62 bits per heavy atom. The molecule has 0 bridgehead atoms. The van der Waals surface area contributed by atoms with Crippen molar-refractivity contribution in [3.05, 3.63) is 64.7 Å². The first kappa shape index (κ1) is 23.7. The Kier molecular flexibility index (Phi) is 6.30. The van der Waals surface area contributed by atoms with Crippen molar-refractivity contribution in [3.8, 4) is 11.8 Å². The molecule has 2 atom stereocenters. The van der Waals surface area contributed by atoms with Gasteiger partial charge in [-0.3, -0.25) is 9.78 Å². The van der Waals surface area contributed by atoms with Gasteiger partial charge < -0.3 is 10.5 Å². The lowest BCUT2D eigenvalue weighted by atomic mass is 9.83. The number of carbonyl (C=O) groups excluding carboxylic acids is 1. The number of nitrogens with zero attached hydrogens (tertiary/aromatic N) is 2. The molecule has 0 saturated heterocycles. The normalized spacial score (nSPS) is 22.3. The van der Waals surface area contributed by atoms with Gasteiger partial charge in [-0.25, -0.2) is 13.8 Å². The number of Topliss-reactive ketones (excluding diaryl/α,β-unsaturated/α-hetero) is 1. The molecule has 1 aromatic carbocycles. The van der Waals surface area contributed by atoms with Crippen LogP contribution in [-0.4, -0.2) is 35.7 Å². The number of ketones is 1. The van der Waals surface area contributed by atoms with Gasteiger partial charge in [0.05, 0.1) is 0 Å². The van der Waals surface area contributed by atoms with Crippen LogP contribution >= 0.6 is 0 Å². The third kappa shape index (κ3) is 5.19. The van der Waals surface area contributed by atoms with E-state index in [0.717, 1.165) is 25.0 Å². The number of amidine groups is 1. The summed E-state index contributed by atoms with van der Waals surface area (Å²) in [6.07, 6.45) is -4.87. The molecule has 2 heterocycles. The molecule has 10 heteroatoms. The van der Waals surface area contributed by atoms with Crippen LogP contribution in [0, 0.1) is 23.6 Å². The van der Waals surface area contributed by atoms with Crippen molar-refractivity contribution in [1.82, 2.24) is 4.98 Å². The molecule has 34 heavy (non-hydrogen) atoms. The smallest absolute Gasteiger partial charge is 0.425 e. The van der Waals surface area contributed by atoms with Gasteiger partial charge in [-0.05, 0) is 42.7 Å². The number of hydrogen-bond acceptors (Lipinski definition) is 5. The minimum Gasteiger partial charge on any atom is -0.452 e. The summed E-state index contributed by atoms with van der Waals surface area (Å²) < 4.78 is 73.1. The summed E-state index contributed by atoms with van der Waals surface area (Å²) in [4.78, 5) is 20.5. The van der Waals surface area contributed by atoms with E-state index in [1.165, 1.54) is 18.3 Å². The Bertz CT molecular complexity index is 1180. The lowest BCUT2D eigenvalue weighted by molar-refractivity contribution is -0.209. The van der Waals surface area contributed by atoms with E-state index in [1.807, 2.05) is 0 Å². The number of benzene rings is 1. The quantitative estimate of drug-likeness (QED) is 0.397. The molecule has 1 aromatic heterocycles. The second kappa shape index (κ2) is 9.05. The predicted molar refractivity (Wildman–Crippen MR) is 113 cm³/mol. The molecule has 2 N–H and O–H groups in total. The van der Waals surface area contributed by atoms with Crippen molar-refractivity contribution in [1.29, 1.82) is 0 Å². The first-order valence-electron chi connectivity index (χ1n) is 10.5. The molecule has 5 nitrogen and oxygen atoms in total. The molecule has 0 amide bonds. The van der Waals surface area contributed by atoms with Crippen molar-refractivity contribution in [2.45, 2.75) is 43.5 Å². The van der Waals surface area contributed by atoms with Gasteiger partial charge in [-0.1, -0.05) is 17.9 Å². The third-order valence-electron chi connectivity index (χ3n) is 5.64. The molecular formula is C24H20F5N3O2. The molecule has 2 aliphatic rings. The number of aliphatic imine (C=N–C) groups is 1. The van der Waals surface area contributed by atoms with Crippen LogP contribution in [0.15, 0.2) is 41.5 Å². The zero-order chi connectivity index (χ0) is 24.5. The van der Waals surface area contributed by atoms with Crippen molar-refractivity contribution in [2.75, 3.05) is 6.67 Å². The number of aromatic nitrogens is 1. The van der Waals surface area contributed by atoms with Crippen LogP contribution < -0.4 is 5.73 Å². The summed E-state index contributed by atoms with van der Waals surface area (Å²) in [6, 6.07) is 5.69. The predicted octanol–water partition coefficient (Wildman–Crippen LogP) is 4.24. The zero-order valence-electron chi connectivity index (χ0n) is 17.8. The van der Waals surface area contributed by atoms with Gasteiger partial charge >= 0.3 is 6.18 Å². The molecule has 0 spiro atoms. The number of carbonyl (C=O) groups is 1. The monoisotopic (exact) mass is 477 g/mol. The van der Waals surface area contributed by atoms with E-state index in [0.29, 0.717) is 11.5 Å². The summed E-state index contributed by atoms with van der Waals surface area (Å²) in [5.41, 5.74) is 3.80. The fourth-order valence-electron chi connectivity index (χ4n) is 3.65. The summed E-state index contributed by atoms with van der Waals surface area (Å²) in [5.74, 6) is 5.12. The van der Waals surface area contributed by atoms with Crippen LogP contribution in [0.25, 0.3) is 0 Å². The summed E-state index contributed by atoms with van der Waals surface area (Å²) in [5, 5.41) is 0. The van der Waals surface area contributed by atoms with Crippen LogP contribution in [-0.2, 0) is 16.7 Å². The van der Waals surface area contributed by atoms with Gasteiger partial charge in [-0.15, -0.1) is 0 Å². The Hall–Kier alpha value is -3.48. The average Bonchev–Trinajstić information content (AvgIpc) is 3.63. The summed E-state index contributed by atoms with van der Waals surface area (Å²) in [7, 11) is 0.